The van der Waals surface area contributed by atoms with Gasteiger partial charge in [-0.2, -0.15) is 0 Å². The monoisotopic (exact) mass is 983 g/mol. The number of allylic oxidation sites excluding steroid dienone is 6. The van der Waals surface area contributed by atoms with Crippen molar-refractivity contribution in [2.75, 3.05) is 13.2 Å². The van der Waals surface area contributed by atoms with Crippen molar-refractivity contribution in [1.29, 1.82) is 0 Å². The van der Waals surface area contributed by atoms with E-state index in [1.165, 1.54) is 212 Å². The number of esters is 3. The van der Waals surface area contributed by atoms with Gasteiger partial charge in [-0.15, -0.1) is 0 Å². The van der Waals surface area contributed by atoms with Crippen molar-refractivity contribution < 1.29 is 28.6 Å². The average Bonchev–Trinajstić information content (AvgIpc) is 3.36. The third-order valence-corrected chi connectivity index (χ3v) is 13.9. The van der Waals surface area contributed by atoms with E-state index < -0.39 is 6.10 Å². The minimum Gasteiger partial charge on any atom is -0.462 e. The zero-order valence-corrected chi connectivity index (χ0v) is 47.1. The zero-order chi connectivity index (χ0) is 50.7. The van der Waals surface area contributed by atoms with Crippen LogP contribution in [0.3, 0.4) is 0 Å². The van der Waals surface area contributed by atoms with E-state index in [0.29, 0.717) is 19.3 Å². The lowest BCUT2D eigenvalue weighted by molar-refractivity contribution is -0.167. The second-order valence-electron chi connectivity index (χ2n) is 21.0. The molecule has 0 saturated heterocycles. The van der Waals surface area contributed by atoms with Gasteiger partial charge in [-0.05, 0) is 51.4 Å². The summed E-state index contributed by atoms with van der Waals surface area (Å²) in [4.78, 5) is 38.2. The summed E-state index contributed by atoms with van der Waals surface area (Å²) >= 11 is 0. The fraction of sp³-hybridized carbons (Fsp3) is 0.859. The van der Waals surface area contributed by atoms with Gasteiger partial charge in [0, 0.05) is 19.3 Å². The van der Waals surface area contributed by atoms with Gasteiger partial charge in [0.05, 0.1) is 0 Å². The highest BCUT2D eigenvalue weighted by Gasteiger charge is 2.19. The second-order valence-corrected chi connectivity index (χ2v) is 21.0. The summed E-state index contributed by atoms with van der Waals surface area (Å²) in [5.41, 5.74) is 0. The molecule has 0 aromatic carbocycles. The van der Waals surface area contributed by atoms with E-state index in [4.69, 9.17) is 14.2 Å². The topological polar surface area (TPSA) is 78.9 Å². The van der Waals surface area contributed by atoms with Gasteiger partial charge in [0.25, 0.3) is 0 Å². The summed E-state index contributed by atoms with van der Waals surface area (Å²) < 4.78 is 16.9. The van der Waals surface area contributed by atoms with Crippen molar-refractivity contribution in [3.8, 4) is 0 Å². The first kappa shape index (κ1) is 67.6. The first-order valence-corrected chi connectivity index (χ1v) is 31.0. The molecule has 0 aromatic heterocycles. The number of carbonyl (C=O) groups is 3. The van der Waals surface area contributed by atoms with Crippen molar-refractivity contribution in [3.63, 3.8) is 0 Å². The van der Waals surface area contributed by atoms with Crippen LogP contribution in [0.4, 0.5) is 0 Å². The van der Waals surface area contributed by atoms with Gasteiger partial charge in [-0.3, -0.25) is 14.4 Å². The molecule has 0 aliphatic heterocycles. The first-order valence-electron chi connectivity index (χ1n) is 31.0. The second kappa shape index (κ2) is 59.2. The normalized spacial score (nSPS) is 12.2. The Labute approximate surface area is 435 Å². The minimum atomic E-state index is -0.773. The summed E-state index contributed by atoms with van der Waals surface area (Å²) in [6.07, 6.45) is 71.5. The van der Waals surface area contributed by atoms with Crippen LogP contribution in [0.5, 0.6) is 0 Å². The molecule has 0 amide bonds. The fourth-order valence-corrected chi connectivity index (χ4v) is 9.28. The van der Waals surface area contributed by atoms with Crippen LogP contribution in [-0.2, 0) is 28.6 Å². The molecule has 6 nitrogen and oxygen atoms in total. The third-order valence-electron chi connectivity index (χ3n) is 13.9. The van der Waals surface area contributed by atoms with E-state index in [1.54, 1.807) is 0 Å². The highest BCUT2D eigenvalue weighted by atomic mass is 16.6. The molecule has 0 N–H and O–H groups in total. The van der Waals surface area contributed by atoms with Crippen molar-refractivity contribution >= 4 is 17.9 Å². The molecule has 0 saturated carbocycles. The number of rotatable bonds is 57. The Morgan fingerprint density at radius 2 is 0.557 bits per heavy atom. The maximum atomic E-state index is 12.9. The molecule has 0 bridgehead atoms. The lowest BCUT2D eigenvalue weighted by atomic mass is 10.0. The quantitative estimate of drug-likeness (QED) is 0.0261. The maximum Gasteiger partial charge on any atom is 0.306 e. The Morgan fingerprint density at radius 1 is 0.300 bits per heavy atom. The minimum absolute atomic E-state index is 0.0711. The average molecular weight is 984 g/mol. The van der Waals surface area contributed by atoms with Crippen LogP contribution in [0.2, 0.25) is 0 Å². The molecule has 0 rings (SSSR count). The molecule has 1 unspecified atom stereocenters. The molecule has 6 heteroatoms. The molecule has 0 radical (unpaired) electrons. The standard InChI is InChI=1S/C64H118O6/c1-4-7-10-13-16-19-22-25-27-29-30-31-32-33-34-36-37-39-42-45-48-51-54-57-63(66)69-60-61(59-68-62(65)56-53-50-47-44-41-24-21-18-15-12-9-6-3)70-64(67)58-55-52-49-46-43-40-38-35-28-26-23-20-17-14-11-8-5-2/h8,11,17,20,26,28,61H,4-7,9-10,12-16,18-19,21-25,27,29-60H2,1-3H3/b11-8-,20-17-,28-26-. The molecule has 1 atom stereocenters. The van der Waals surface area contributed by atoms with Gasteiger partial charge in [-0.25, -0.2) is 0 Å². The van der Waals surface area contributed by atoms with Gasteiger partial charge < -0.3 is 14.2 Å². The van der Waals surface area contributed by atoms with Gasteiger partial charge in [0.2, 0.25) is 0 Å². The third kappa shape index (κ3) is 56.5. The highest BCUT2D eigenvalue weighted by molar-refractivity contribution is 5.71. The Hall–Kier alpha value is -2.37. The molecule has 0 heterocycles. The summed E-state index contributed by atoms with van der Waals surface area (Å²) in [6, 6.07) is 0. The maximum absolute atomic E-state index is 12.9. The molecule has 0 spiro atoms. The Morgan fingerprint density at radius 3 is 0.871 bits per heavy atom. The lowest BCUT2D eigenvalue weighted by Crippen LogP contribution is -2.30. The van der Waals surface area contributed by atoms with Crippen LogP contribution < -0.4 is 0 Å². The highest BCUT2D eigenvalue weighted by Crippen LogP contribution is 2.18. The van der Waals surface area contributed by atoms with E-state index in [1.807, 2.05) is 0 Å². The number of hydrogen-bond donors (Lipinski definition) is 0. The molecule has 0 fully saturated rings. The Balaban J connectivity index is 4.25. The van der Waals surface area contributed by atoms with Crippen LogP contribution in [0.25, 0.3) is 0 Å². The number of carbonyl (C=O) groups excluding carboxylic acids is 3. The summed E-state index contributed by atoms with van der Waals surface area (Å²) in [5.74, 6) is -0.859. The van der Waals surface area contributed by atoms with E-state index in [0.717, 1.165) is 83.5 Å². The number of ether oxygens (including phenoxy) is 3. The van der Waals surface area contributed by atoms with Gasteiger partial charge in [-0.1, -0.05) is 301 Å². The largest absolute Gasteiger partial charge is 0.462 e. The smallest absolute Gasteiger partial charge is 0.306 e. The molecule has 0 aromatic rings. The van der Waals surface area contributed by atoms with Crippen molar-refractivity contribution in [3.05, 3.63) is 36.5 Å². The van der Waals surface area contributed by atoms with Gasteiger partial charge in [0.1, 0.15) is 13.2 Å². The van der Waals surface area contributed by atoms with Crippen LogP contribution in [-0.4, -0.2) is 37.2 Å². The van der Waals surface area contributed by atoms with Crippen molar-refractivity contribution in [2.24, 2.45) is 0 Å². The fourth-order valence-electron chi connectivity index (χ4n) is 9.28. The number of unbranched alkanes of at least 4 members (excludes halogenated alkanes) is 40. The Bertz CT molecular complexity index is 1170. The van der Waals surface area contributed by atoms with Gasteiger partial charge in [0.15, 0.2) is 6.10 Å². The molecule has 410 valence electrons. The summed E-state index contributed by atoms with van der Waals surface area (Å²) in [7, 11) is 0. The van der Waals surface area contributed by atoms with E-state index in [9.17, 15) is 14.4 Å². The van der Waals surface area contributed by atoms with E-state index >= 15 is 0 Å². The SMILES string of the molecule is CC/C=C\C/C=C\C/C=C\CCCCCCCCCC(=O)OC(COC(=O)CCCCCCCCCCCCCC)COC(=O)CCCCCCCCCCCCCCCCCCCCCCCCC. The molecular formula is C64H118O6. The van der Waals surface area contributed by atoms with E-state index in [2.05, 4.69) is 57.2 Å². The van der Waals surface area contributed by atoms with E-state index in [-0.39, 0.29) is 31.1 Å². The van der Waals surface area contributed by atoms with Crippen LogP contribution in [0.15, 0.2) is 36.5 Å². The first-order chi connectivity index (χ1) is 34.5. The summed E-state index contributed by atoms with van der Waals surface area (Å²) in [5, 5.41) is 0. The zero-order valence-electron chi connectivity index (χ0n) is 47.1. The Kier molecular flexibility index (Phi) is 57.2. The predicted molar refractivity (Wildman–Crippen MR) is 302 cm³/mol. The molecule has 70 heavy (non-hydrogen) atoms. The van der Waals surface area contributed by atoms with Crippen LogP contribution >= 0.6 is 0 Å². The molecule has 0 aliphatic carbocycles. The van der Waals surface area contributed by atoms with Crippen molar-refractivity contribution in [2.45, 2.75) is 341 Å². The molecular weight excluding hydrogens is 865 g/mol. The van der Waals surface area contributed by atoms with Crippen LogP contribution in [0, 0.1) is 0 Å². The lowest BCUT2D eigenvalue weighted by Gasteiger charge is -2.18. The number of hydrogen-bond acceptors (Lipinski definition) is 6. The summed E-state index contributed by atoms with van der Waals surface area (Å²) in [6.45, 7) is 6.57. The molecule has 0 aliphatic rings. The van der Waals surface area contributed by atoms with Crippen LogP contribution in [0.1, 0.15) is 335 Å². The van der Waals surface area contributed by atoms with Crippen molar-refractivity contribution in [1.82, 2.24) is 0 Å². The van der Waals surface area contributed by atoms with Gasteiger partial charge >= 0.3 is 17.9 Å². The predicted octanol–water partition coefficient (Wildman–Crippen LogP) is 20.8.